The Kier molecular flexibility index (Phi) is 5.69. The molecule has 6 nitrogen and oxygen atoms in total. The van der Waals surface area contributed by atoms with E-state index in [-0.39, 0.29) is 6.29 Å². The molecule has 0 fully saturated rings. The molecule has 1 unspecified atom stereocenters. The van der Waals surface area contributed by atoms with Gasteiger partial charge in [0.2, 0.25) is 0 Å². The first-order valence-electron chi connectivity index (χ1n) is 4.73. The van der Waals surface area contributed by atoms with Crippen molar-refractivity contribution in [1.82, 2.24) is 20.0 Å². The molecule has 0 aliphatic carbocycles. The van der Waals surface area contributed by atoms with Crippen LogP contribution in [0.3, 0.4) is 0 Å². The third-order valence-electron chi connectivity index (χ3n) is 1.64. The molecule has 6 heteroatoms. The third-order valence-corrected chi connectivity index (χ3v) is 1.64. The zero-order chi connectivity index (χ0) is 12.0. The van der Waals surface area contributed by atoms with Crippen molar-refractivity contribution >= 4 is 12.3 Å². The number of rotatable bonds is 4. The molecule has 0 aliphatic rings. The van der Waals surface area contributed by atoms with Crippen LogP contribution in [0.15, 0.2) is 4.99 Å². The highest BCUT2D eigenvalue weighted by atomic mass is 15.4. The first kappa shape index (κ1) is 13.7. The van der Waals surface area contributed by atoms with Gasteiger partial charge in [0.15, 0.2) is 12.2 Å². The van der Waals surface area contributed by atoms with Crippen LogP contribution < -0.4 is 5.32 Å². The van der Waals surface area contributed by atoms with Crippen molar-refractivity contribution in [2.75, 3.05) is 42.3 Å². The fraction of sp³-hybridized carbons (Fsp3) is 0.778. The van der Waals surface area contributed by atoms with E-state index < -0.39 is 0 Å². The molecule has 0 aromatic rings. The smallest absolute Gasteiger partial charge is 0.193 e. The quantitative estimate of drug-likeness (QED) is 0.376. The van der Waals surface area contributed by atoms with Crippen molar-refractivity contribution in [3.05, 3.63) is 0 Å². The Morgan fingerprint density at radius 2 is 1.73 bits per heavy atom. The predicted molar refractivity (Wildman–Crippen MR) is 64.2 cm³/mol. The van der Waals surface area contributed by atoms with Gasteiger partial charge in [0, 0.05) is 28.2 Å². The second-order valence-electron chi connectivity index (χ2n) is 3.95. The molecule has 0 heterocycles. The Morgan fingerprint density at radius 1 is 1.20 bits per heavy atom. The number of hydrogen-bond acceptors (Lipinski definition) is 3. The van der Waals surface area contributed by atoms with Crippen molar-refractivity contribution < 1.29 is 0 Å². The average Bonchev–Trinajstić information content (AvgIpc) is 2.10. The summed E-state index contributed by atoms with van der Waals surface area (Å²) in [4.78, 5) is 9.75. The Bertz CT molecular complexity index is 221. The maximum absolute atomic E-state index is 7.65. The molecule has 0 bridgehead atoms. The summed E-state index contributed by atoms with van der Waals surface area (Å²) in [6.45, 7) is 0. The number of nitrogens with zero attached hydrogens (tertiary/aromatic N) is 4. The van der Waals surface area contributed by atoms with E-state index in [4.69, 9.17) is 5.41 Å². The Balaban J connectivity index is 4.35. The van der Waals surface area contributed by atoms with E-state index in [1.165, 1.54) is 0 Å². The summed E-state index contributed by atoms with van der Waals surface area (Å²) in [6, 6.07) is 0. The van der Waals surface area contributed by atoms with Gasteiger partial charge in [-0.1, -0.05) is 0 Å². The Morgan fingerprint density at radius 3 is 2.07 bits per heavy atom. The lowest BCUT2D eigenvalue weighted by Crippen LogP contribution is -2.48. The van der Waals surface area contributed by atoms with Crippen LogP contribution in [0.25, 0.3) is 0 Å². The van der Waals surface area contributed by atoms with Gasteiger partial charge in [0.25, 0.3) is 0 Å². The third kappa shape index (κ3) is 5.90. The summed E-state index contributed by atoms with van der Waals surface area (Å²) in [5.41, 5.74) is 0. The fourth-order valence-electron chi connectivity index (χ4n) is 0.748. The fourth-order valence-corrected chi connectivity index (χ4v) is 0.748. The molecular weight excluding hydrogens is 192 g/mol. The molecule has 0 radical (unpaired) electrons. The normalized spacial score (nSPS) is 13.0. The minimum absolute atomic E-state index is 0.220. The zero-order valence-electron chi connectivity index (χ0n) is 10.4. The van der Waals surface area contributed by atoms with E-state index in [0.29, 0.717) is 5.96 Å². The summed E-state index contributed by atoms with van der Waals surface area (Å²) in [6.07, 6.45) is 1.50. The van der Waals surface area contributed by atoms with E-state index in [2.05, 4.69) is 10.3 Å². The summed E-state index contributed by atoms with van der Waals surface area (Å²) >= 11 is 0. The van der Waals surface area contributed by atoms with Crippen LogP contribution in [0.1, 0.15) is 0 Å². The standard InChI is InChI=1S/C9H22N6/c1-13(2)7-11-9(15(5)6)12-8(10)14(3)4/h7,9H,1-6H3,(H2,10,12)/b11-7+. The molecular formula is C9H22N6. The Hall–Kier alpha value is -1.30. The first-order chi connectivity index (χ1) is 6.84. The lowest BCUT2D eigenvalue weighted by molar-refractivity contribution is 0.276. The summed E-state index contributed by atoms with van der Waals surface area (Å²) < 4.78 is 0. The highest BCUT2D eigenvalue weighted by Crippen LogP contribution is 1.91. The molecule has 1 atom stereocenters. The molecule has 0 saturated carbocycles. The lowest BCUT2D eigenvalue weighted by atomic mass is 10.6. The first-order valence-corrected chi connectivity index (χ1v) is 4.73. The predicted octanol–water partition coefficient (Wildman–Crippen LogP) is -0.493. The molecule has 15 heavy (non-hydrogen) atoms. The number of nitrogens with one attached hydrogen (secondary N) is 2. The lowest BCUT2D eigenvalue weighted by Gasteiger charge is -2.25. The second-order valence-corrected chi connectivity index (χ2v) is 3.95. The monoisotopic (exact) mass is 214 g/mol. The number of aliphatic imine (C=N–C) groups is 1. The summed E-state index contributed by atoms with van der Waals surface area (Å²) in [5, 5.41) is 10.6. The van der Waals surface area contributed by atoms with E-state index in [0.717, 1.165) is 0 Å². The largest absolute Gasteiger partial charge is 0.369 e. The molecule has 0 saturated heterocycles. The van der Waals surface area contributed by atoms with Gasteiger partial charge in [-0.15, -0.1) is 0 Å². The summed E-state index contributed by atoms with van der Waals surface area (Å²) in [7, 11) is 11.3. The van der Waals surface area contributed by atoms with Crippen LogP contribution in [0.4, 0.5) is 0 Å². The van der Waals surface area contributed by atoms with E-state index in [1.54, 1.807) is 11.2 Å². The highest BCUT2D eigenvalue weighted by molar-refractivity contribution is 5.76. The van der Waals surface area contributed by atoms with Crippen molar-refractivity contribution in [3.8, 4) is 0 Å². The Labute approximate surface area is 92.1 Å². The average molecular weight is 214 g/mol. The van der Waals surface area contributed by atoms with Crippen LogP contribution in [-0.4, -0.2) is 75.6 Å². The van der Waals surface area contributed by atoms with Gasteiger partial charge in [0.1, 0.15) is 0 Å². The van der Waals surface area contributed by atoms with Gasteiger partial charge >= 0.3 is 0 Å². The van der Waals surface area contributed by atoms with Gasteiger partial charge in [-0.25, -0.2) is 4.99 Å². The molecule has 0 spiro atoms. The van der Waals surface area contributed by atoms with Crippen molar-refractivity contribution in [2.45, 2.75) is 6.29 Å². The van der Waals surface area contributed by atoms with Crippen molar-refractivity contribution in [3.63, 3.8) is 0 Å². The second kappa shape index (κ2) is 6.23. The number of hydrogen-bond donors (Lipinski definition) is 2. The van der Waals surface area contributed by atoms with Crippen molar-refractivity contribution in [2.24, 2.45) is 4.99 Å². The van der Waals surface area contributed by atoms with Crippen LogP contribution in [0, 0.1) is 5.41 Å². The van der Waals surface area contributed by atoms with Gasteiger partial charge in [-0.3, -0.25) is 10.3 Å². The molecule has 0 aromatic carbocycles. The molecule has 0 amide bonds. The van der Waals surface area contributed by atoms with Crippen molar-refractivity contribution in [1.29, 1.82) is 5.41 Å². The topological polar surface area (TPSA) is 58.0 Å². The van der Waals surface area contributed by atoms with E-state index in [9.17, 15) is 0 Å². The van der Waals surface area contributed by atoms with E-state index >= 15 is 0 Å². The molecule has 0 aliphatic heterocycles. The van der Waals surface area contributed by atoms with Gasteiger partial charge in [0.05, 0.1) is 6.34 Å². The van der Waals surface area contributed by atoms with Gasteiger partial charge < -0.3 is 15.1 Å². The van der Waals surface area contributed by atoms with Crippen LogP contribution in [0.2, 0.25) is 0 Å². The minimum Gasteiger partial charge on any atom is -0.369 e. The SMILES string of the molecule is CN(C)/C=N/C(NC(=N)N(C)C)N(C)C. The highest BCUT2D eigenvalue weighted by Gasteiger charge is 2.10. The zero-order valence-corrected chi connectivity index (χ0v) is 10.4. The van der Waals surface area contributed by atoms with Crippen LogP contribution in [0.5, 0.6) is 0 Å². The van der Waals surface area contributed by atoms with Crippen LogP contribution >= 0.6 is 0 Å². The summed E-state index contributed by atoms with van der Waals surface area (Å²) in [5.74, 6) is 0.338. The molecule has 0 aromatic heterocycles. The van der Waals surface area contributed by atoms with E-state index in [1.807, 2.05) is 52.1 Å². The molecule has 88 valence electrons. The van der Waals surface area contributed by atoms with Gasteiger partial charge in [-0.2, -0.15) is 0 Å². The molecule has 2 N–H and O–H groups in total. The maximum atomic E-state index is 7.65. The maximum Gasteiger partial charge on any atom is 0.193 e. The number of guanidine groups is 1. The van der Waals surface area contributed by atoms with Crippen LogP contribution in [-0.2, 0) is 0 Å². The minimum atomic E-state index is -0.220. The van der Waals surface area contributed by atoms with Gasteiger partial charge in [-0.05, 0) is 14.1 Å². The molecule has 0 rings (SSSR count).